The van der Waals surface area contributed by atoms with Crippen molar-refractivity contribution in [3.63, 3.8) is 0 Å². The number of rotatable bonds is 8. The van der Waals surface area contributed by atoms with E-state index in [9.17, 15) is 27.6 Å². The minimum absolute atomic E-state index is 0.457. The van der Waals surface area contributed by atoms with Crippen molar-refractivity contribution in [3.8, 4) is 0 Å². The van der Waals surface area contributed by atoms with Crippen molar-refractivity contribution in [2.75, 3.05) is 20.3 Å². The maximum absolute atomic E-state index is 11.7. The van der Waals surface area contributed by atoms with Crippen molar-refractivity contribution in [2.45, 2.75) is 25.1 Å². The quantitative estimate of drug-likeness (QED) is 0.486. The second kappa shape index (κ2) is 8.35. The van der Waals surface area contributed by atoms with Crippen molar-refractivity contribution in [1.82, 2.24) is 5.32 Å². The lowest BCUT2D eigenvalue weighted by Gasteiger charge is -2.13. The Morgan fingerprint density at radius 1 is 1.30 bits per heavy atom. The lowest BCUT2D eigenvalue weighted by molar-refractivity contribution is -0.174. The molecule has 2 N–H and O–H groups in total. The van der Waals surface area contributed by atoms with Gasteiger partial charge in [-0.25, -0.2) is 4.79 Å². The van der Waals surface area contributed by atoms with Crippen LogP contribution in [0, 0.1) is 0 Å². The standard InChI is InChI=1S/C10H14F3NO6/c1-19-8(16)4-6(9(17)18)14-7(15)2-3-20-5-10(11,12)13/h6H,2-5H2,1H3,(H,14,15)(H,17,18)/t6-/m0/s1. The molecule has 0 saturated carbocycles. The van der Waals surface area contributed by atoms with E-state index in [1.165, 1.54) is 0 Å². The molecular weight excluding hydrogens is 287 g/mol. The van der Waals surface area contributed by atoms with E-state index in [4.69, 9.17) is 5.11 Å². The Hall–Kier alpha value is -1.84. The molecule has 0 aliphatic rings. The zero-order chi connectivity index (χ0) is 15.8. The van der Waals surface area contributed by atoms with E-state index in [1.54, 1.807) is 0 Å². The number of esters is 1. The predicted molar refractivity (Wildman–Crippen MR) is 57.7 cm³/mol. The maximum atomic E-state index is 11.7. The predicted octanol–water partition coefficient (Wildman–Crippen LogP) is 0.0879. The molecule has 0 saturated heterocycles. The molecule has 7 nitrogen and oxygen atoms in total. The Bertz CT molecular complexity index is 357. The second-order valence-corrected chi connectivity index (χ2v) is 3.66. The number of hydrogen-bond donors (Lipinski definition) is 2. The zero-order valence-electron chi connectivity index (χ0n) is 10.5. The number of alkyl halides is 3. The molecule has 0 fully saturated rings. The van der Waals surface area contributed by atoms with E-state index in [1.807, 2.05) is 5.32 Å². The normalized spacial score (nSPS) is 12.6. The van der Waals surface area contributed by atoms with Gasteiger partial charge in [0.05, 0.1) is 20.1 Å². The highest BCUT2D eigenvalue weighted by Crippen LogP contribution is 2.14. The van der Waals surface area contributed by atoms with Gasteiger partial charge in [-0.05, 0) is 0 Å². The van der Waals surface area contributed by atoms with Crippen LogP contribution in [0.2, 0.25) is 0 Å². The Balaban J connectivity index is 4.08. The van der Waals surface area contributed by atoms with Crippen LogP contribution in [0.25, 0.3) is 0 Å². The molecule has 0 unspecified atom stereocenters. The third-order valence-electron chi connectivity index (χ3n) is 1.97. The first-order valence-corrected chi connectivity index (χ1v) is 5.39. The third kappa shape index (κ3) is 9.14. The molecule has 20 heavy (non-hydrogen) atoms. The van der Waals surface area contributed by atoms with Crippen molar-refractivity contribution >= 4 is 17.8 Å². The van der Waals surface area contributed by atoms with Gasteiger partial charge in [-0.15, -0.1) is 0 Å². The van der Waals surface area contributed by atoms with Crippen LogP contribution in [-0.4, -0.2) is 55.5 Å². The molecule has 0 aliphatic carbocycles. The van der Waals surface area contributed by atoms with Crippen molar-refractivity contribution in [3.05, 3.63) is 0 Å². The fourth-order valence-electron chi connectivity index (χ4n) is 1.07. The van der Waals surface area contributed by atoms with E-state index < -0.39 is 56.1 Å². The minimum atomic E-state index is -4.50. The van der Waals surface area contributed by atoms with Crippen LogP contribution < -0.4 is 5.32 Å². The highest BCUT2D eigenvalue weighted by Gasteiger charge is 2.27. The minimum Gasteiger partial charge on any atom is -0.480 e. The smallest absolute Gasteiger partial charge is 0.411 e. The lowest BCUT2D eigenvalue weighted by atomic mass is 10.2. The highest BCUT2D eigenvalue weighted by atomic mass is 19.4. The fraction of sp³-hybridized carbons (Fsp3) is 0.700. The molecule has 0 heterocycles. The van der Waals surface area contributed by atoms with Gasteiger partial charge in [0.25, 0.3) is 0 Å². The maximum Gasteiger partial charge on any atom is 0.411 e. The number of carboxylic acids is 1. The Morgan fingerprint density at radius 2 is 1.90 bits per heavy atom. The van der Waals surface area contributed by atoms with Gasteiger partial charge < -0.3 is 19.9 Å². The molecule has 1 atom stereocenters. The van der Waals surface area contributed by atoms with Crippen LogP contribution in [0.3, 0.4) is 0 Å². The molecule has 0 aromatic rings. The number of hydrogen-bond acceptors (Lipinski definition) is 5. The van der Waals surface area contributed by atoms with Gasteiger partial charge in [-0.2, -0.15) is 13.2 Å². The Labute approximate surface area is 112 Å². The average Bonchev–Trinajstić information content (AvgIpc) is 2.32. The van der Waals surface area contributed by atoms with E-state index in [2.05, 4.69) is 9.47 Å². The summed E-state index contributed by atoms with van der Waals surface area (Å²) >= 11 is 0. The first kappa shape index (κ1) is 18.2. The van der Waals surface area contributed by atoms with Crippen LogP contribution in [-0.2, 0) is 23.9 Å². The van der Waals surface area contributed by atoms with Gasteiger partial charge >= 0.3 is 18.1 Å². The monoisotopic (exact) mass is 301 g/mol. The molecule has 116 valence electrons. The van der Waals surface area contributed by atoms with Gasteiger partial charge in [-0.3, -0.25) is 9.59 Å². The van der Waals surface area contributed by atoms with Crippen LogP contribution in [0.4, 0.5) is 13.2 Å². The largest absolute Gasteiger partial charge is 0.480 e. The summed E-state index contributed by atoms with van der Waals surface area (Å²) in [6.45, 7) is -2.01. The third-order valence-corrected chi connectivity index (χ3v) is 1.97. The molecule has 0 rings (SSSR count). The van der Waals surface area contributed by atoms with Gasteiger partial charge in [0, 0.05) is 6.42 Å². The van der Waals surface area contributed by atoms with Crippen LogP contribution >= 0.6 is 0 Å². The van der Waals surface area contributed by atoms with Gasteiger partial charge in [0.2, 0.25) is 5.91 Å². The number of carboxylic acid groups (broad SMARTS) is 1. The molecule has 0 aliphatic heterocycles. The summed E-state index contributed by atoms with van der Waals surface area (Å²) in [4.78, 5) is 32.9. The number of carbonyl (C=O) groups is 3. The highest BCUT2D eigenvalue weighted by molar-refractivity contribution is 5.87. The molecular formula is C10H14F3NO6. The SMILES string of the molecule is COC(=O)C[C@H](NC(=O)CCOCC(F)(F)F)C(=O)O. The average molecular weight is 301 g/mol. The fourth-order valence-corrected chi connectivity index (χ4v) is 1.07. The van der Waals surface area contributed by atoms with Gasteiger partial charge in [-0.1, -0.05) is 0 Å². The molecule has 0 aromatic heterocycles. The first-order chi connectivity index (χ1) is 9.15. The number of amides is 1. The molecule has 1 amide bonds. The van der Waals surface area contributed by atoms with E-state index >= 15 is 0 Å². The number of halogens is 3. The van der Waals surface area contributed by atoms with E-state index in [0.717, 1.165) is 7.11 Å². The molecule has 0 radical (unpaired) electrons. The Kier molecular flexibility index (Phi) is 7.59. The molecule has 10 heteroatoms. The number of carbonyl (C=O) groups excluding carboxylic acids is 2. The zero-order valence-corrected chi connectivity index (χ0v) is 10.5. The van der Waals surface area contributed by atoms with E-state index in [0.29, 0.717) is 0 Å². The van der Waals surface area contributed by atoms with Gasteiger partial charge in [0.15, 0.2) is 0 Å². The summed E-state index contributed by atoms with van der Waals surface area (Å²) in [6.07, 6.45) is -5.53. The van der Waals surface area contributed by atoms with Crippen molar-refractivity contribution in [2.24, 2.45) is 0 Å². The number of ether oxygens (including phenoxy) is 2. The number of nitrogens with one attached hydrogen (secondary N) is 1. The van der Waals surface area contributed by atoms with Crippen LogP contribution in [0.1, 0.15) is 12.8 Å². The summed E-state index contributed by atoms with van der Waals surface area (Å²) < 4.78 is 43.6. The first-order valence-electron chi connectivity index (χ1n) is 5.39. The Morgan fingerprint density at radius 3 is 2.35 bits per heavy atom. The van der Waals surface area contributed by atoms with E-state index in [-0.39, 0.29) is 0 Å². The summed E-state index contributed by atoms with van der Waals surface area (Å²) in [5.74, 6) is -3.14. The summed E-state index contributed by atoms with van der Waals surface area (Å²) in [5, 5.41) is 10.7. The molecule has 0 bridgehead atoms. The van der Waals surface area contributed by atoms with Crippen LogP contribution in [0.15, 0.2) is 0 Å². The molecule has 0 aromatic carbocycles. The lowest BCUT2D eigenvalue weighted by Crippen LogP contribution is -2.42. The second-order valence-electron chi connectivity index (χ2n) is 3.66. The molecule has 0 spiro atoms. The topological polar surface area (TPSA) is 102 Å². The summed E-state index contributed by atoms with van der Waals surface area (Å²) in [5.41, 5.74) is 0. The van der Waals surface area contributed by atoms with Gasteiger partial charge in [0.1, 0.15) is 12.6 Å². The summed E-state index contributed by atoms with van der Waals surface area (Å²) in [7, 11) is 1.05. The van der Waals surface area contributed by atoms with Crippen molar-refractivity contribution in [1.29, 1.82) is 0 Å². The van der Waals surface area contributed by atoms with Crippen LogP contribution in [0.5, 0.6) is 0 Å². The summed E-state index contributed by atoms with van der Waals surface area (Å²) in [6, 6.07) is -1.50. The van der Waals surface area contributed by atoms with Crippen molar-refractivity contribution < 1.29 is 42.1 Å². The number of methoxy groups -OCH3 is 1. The number of aliphatic carboxylic acids is 1.